The minimum absolute atomic E-state index is 0.106. The molecule has 0 atom stereocenters. The number of carbonyl (C=O) groups excluding carboxylic acids is 1. The molecule has 0 aromatic heterocycles. The third-order valence-electron chi connectivity index (χ3n) is 1.86. The van der Waals surface area contributed by atoms with Gasteiger partial charge < -0.3 is 5.11 Å². The van der Waals surface area contributed by atoms with Crippen LogP contribution in [0, 0.1) is 0 Å². The van der Waals surface area contributed by atoms with Gasteiger partial charge in [0.1, 0.15) is 0 Å². The normalized spacial score (nSPS) is 11.3. The Morgan fingerprint density at radius 1 is 1.38 bits per heavy atom. The van der Waals surface area contributed by atoms with Gasteiger partial charge in [0.05, 0.1) is 6.26 Å². The molecule has 1 aromatic carbocycles. The Balaban J connectivity index is 2.92. The average molecular weight is 176 g/mol. The summed E-state index contributed by atoms with van der Waals surface area (Å²) >= 11 is 0. The zero-order chi connectivity index (χ0) is 9.68. The van der Waals surface area contributed by atoms with E-state index < -0.39 is 0 Å². The Labute approximate surface area is 77.5 Å². The molecule has 68 valence electrons. The summed E-state index contributed by atoms with van der Waals surface area (Å²) in [6, 6.07) is 8.93. The molecule has 0 fully saturated rings. The number of aliphatic hydroxyl groups is 1. The maximum atomic E-state index is 11.6. The van der Waals surface area contributed by atoms with Gasteiger partial charge in [-0.25, -0.2) is 0 Å². The van der Waals surface area contributed by atoms with Crippen molar-refractivity contribution in [3.63, 3.8) is 0 Å². The summed E-state index contributed by atoms with van der Waals surface area (Å²) in [6.45, 7) is 1.84. The van der Waals surface area contributed by atoms with E-state index in [1.807, 2.05) is 13.0 Å². The molecule has 0 aliphatic carbocycles. The van der Waals surface area contributed by atoms with E-state index in [-0.39, 0.29) is 5.78 Å². The van der Waals surface area contributed by atoms with E-state index in [4.69, 9.17) is 5.11 Å². The molecule has 0 aliphatic rings. The molecule has 0 radical (unpaired) electrons. The zero-order valence-corrected chi connectivity index (χ0v) is 7.53. The van der Waals surface area contributed by atoms with Crippen LogP contribution in [0.25, 0.3) is 0 Å². The summed E-state index contributed by atoms with van der Waals surface area (Å²) in [7, 11) is 0. The van der Waals surface area contributed by atoms with Crippen LogP contribution < -0.4 is 0 Å². The topological polar surface area (TPSA) is 37.3 Å². The number of allylic oxidation sites excluding steroid dienone is 1. The van der Waals surface area contributed by atoms with Crippen molar-refractivity contribution < 1.29 is 9.90 Å². The lowest BCUT2D eigenvalue weighted by Gasteiger charge is -2.01. The Hall–Kier alpha value is -1.57. The van der Waals surface area contributed by atoms with Crippen molar-refractivity contribution in [2.45, 2.75) is 13.3 Å². The molecule has 0 saturated heterocycles. The van der Waals surface area contributed by atoms with E-state index in [2.05, 4.69) is 0 Å². The second-order valence-electron chi connectivity index (χ2n) is 2.70. The lowest BCUT2D eigenvalue weighted by molar-refractivity contribution is 0.102. The smallest absolute Gasteiger partial charge is 0.192 e. The number of Topliss-reactive ketones (excluding diaryl/α,β-unsaturated/α-hetero) is 1. The van der Waals surface area contributed by atoms with Crippen LogP contribution in [-0.2, 0) is 0 Å². The number of hydrogen-bond donors (Lipinski definition) is 1. The molecule has 1 rings (SSSR count). The standard InChI is InChI=1S/C11H12O2/c1-2-9(8-12)11(13)10-6-4-3-5-7-10/h3-8,12H,2H2,1H3/b9-8+. The summed E-state index contributed by atoms with van der Waals surface area (Å²) in [4.78, 5) is 11.6. The lowest BCUT2D eigenvalue weighted by Crippen LogP contribution is -2.02. The zero-order valence-electron chi connectivity index (χ0n) is 7.53. The highest BCUT2D eigenvalue weighted by Crippen LogP contribution is 2.10. The highest BCUT2D eigenvalue weighted by atomic mass is 16.2. The summed E-state index contributed by atoms with van der Waals surface area (Å²) in [5, 5.41) is 8.77. The molecule has 0 aliphatic heterocycles. The van der Waals surface area contributed by atoms with Gasteiger partial charge >= 0.3 is 0 Å². The SMILES string of the molecule is CC/C(=C\O)C(=O)c1ccccc1. The predicted molar refractivity (Wildman–Crippen MR) is 51.8 cm³/mol. The number of benzene rings is 1. The van der Waals surface area contributed by atoms with E-state index >= 15 is 0 Å². The van der Waals surface area contributed by atoms with Crippen LogP contribution in [0.5, 0.6) is 0 Å². The molecule has 0 spiro atoms. The Morgan fingerprint density at radius 3 is 2.46 bits per heavy atom. The molecule has 1 aromatic rings. The van der Waals surface area contributed by atoms with Crippen molar-refractivity contribution in [3.05, 3.63) is 47.7 Å². The fourth-order valence-corrected chi connectivity index (χ4v) is 1.09. The van der Waals surface area contributed by atoms with Crippen molar-refractivity contribution >= 4 is 5.78 Å². The summed E-state index contributed by atoms with van der Waals surface area (Å²) < 4.78 is 0. The number of carbonyl (C=O) groups is 1. The molecule has 13 heavy (non-hydrogen) atoms. The first-order valence-electron chi connectivity index (χ1n) is 4.22. The Bertz CT molecular complexity index is 312. The highest BCUT2D eigenvalue weighted by Gasteiger charge is 2.09. The third-order valence-corrected chi connectivity index (χ3v) is 1.86. The van der Waals surface area contributed by atoms with E-state index in [0.29, 0.717) is 17.6 Å². The minimum Gasteiger partial charge on any atom is -0.515 e. The van der Waals surface area contributed by atoms with Crippen molar-refractivity contribution in [2.75, 3.05) is 0 Å². The number of rotatable bonds is 3. The Kier molecular flexibility index (Phi) is 3.26. The fraction of sp³-hybridized carbons (Fsp3) is 0.182. The molecule has 2 heteroatoms. The van der Waals surface area contributed by atoms with Gasteiger partial charge in [0.2, 0.25) is 0 Å². The van der Waals surface area contributed by atoms with Crippen LogP contribution in [0.1, 0.15) is 23.7 Å². The first-order chi connectivity index (χ1) is 6.29. The third kappa shape index (κ3) is 2.18. The van der Waals surface area contributed by atoms with Gasteiger partial charge in [-0.05, 0) is 6.42 Å². The van der Waals surface area contributed by atoms with Crippen LogP contribution >= 0.6 is 0 Å². The van der Waals surface area contributed by atoms with Gasteiger partial charge in [0, 0.05) is 11.1 Å². The molecule has 0 unspecified atom stereocenters. The fourth-order valence-electron chi connectivity index (χ4n) is 1.09. The maximum Gasteiger partial charge on any atom is 0.192 e. The van der Waals surface area contributed by atoms with Crippen molar-refractivity contribution in [3.8, 4) is 0 Å². The predicted octanol–water partition coefficient (Wildman–Crippen LogP) is 2.72. The molecular weight excluding hydrogens is 164 g/mol. The number of hydrogen-bond acceptors (Lipinski definition) is 2. The Morgan fingerprint density at radius 2 is 2.00 bits per heavy atom. The molecule has 1 N–H and O–H groups in total. The maximum absolute atomic E-state index is 11.6. The van der Waals surface area contributed by atoms with Gasteiger partial charge in [-0.1, -0.05) is 37.3 Å². The van der Waals surface area contributed by atoms with Crippen LogP contribution in [0.3, 0.4) is 0 Å². The molecule has 0 amide bonds. The van der Waals surface area contributed by atoms with Gasteiger partial charge in [-0.3, -0.25) is 4.79 Å². The van der Waals surface area contributed by atoms with Crippen molar-refractivity contribution in [2.24, 2.45) is 0 Å². The number of ketones is 1. The molecular formula is C11H12O2. The summed E-state index contributed by atoms with van der Waals surface area (Å²) in [5.41, 5.74) is 1.05. The summed E-state index contributed by atoms with van der Waals surface area (Å²) in [6.07, 6.45) is 1.43. The van der Waals surface area contributed by atoms with Crippen LogP contribution in [0.2, 0.25) is 0 Å². The summed E-state index contributed by atoms with van der Waals surface area (Å²) in [5.74, 6) is -0.106. The second kappa shape index (κ2) is 4.45. The lowest BCUT2D eigenvalue weighted by atomic mass is 10.0. The number of aliphatic hydroxyl groups excluding tert-OH is 1. The van der Waals surface area contributed by atoms with Gasteiger partial charge in [0.25, 0.3) is 0 Å². The highest BCUT2D eigenvalue weighted by molar-refractivity contribution is 6.08. The quantitative estimate of drug-likeness (QED) is 0.436. The molecule has 0 heterocycles. The molecule has 2 nitrogen and oxygen atoms in total. The van der Waals surface area contributed by atoms with E-state index in [0.717, 1.165) is 6.26 Å². The van der Waals surface area contributed by atoms with Crippen LogP contribution in [0.15, 0.2) is 42.2 Å². The van der Waals surface area contributed by atoms with Gasteiger partial charge in [-0.2, -0.15) is 0 Å². The van der Waals surface area contributed by atoms with Crippen molar-refractivity contribution in [1.29, 1.82) is 0 Å². The van der Waals surface area contributed by atoms with Crippen molar-refractivity contribution in [1.82, 2.24) is 0 Å². The average Bonchev–Trinajstić information content (AvgIpc) is 2.21. The first kappa shape index (κ1) is 9.52. The monoisotopic (exact) mass is 176 g/mol. The van der Waals surface area contributed by atoms with E-state index in [1.165, 1.54) is 0 Å². The second-order valence-corrected chi connectivity index (χ2v) is 2.70. The van der Waals surface area contributed by atoms with Gasteiger partial charge in [-0.15, -0.1) is 0 Å². The van der Waals surface area contributed by atoms with Gasteiger partial charge in [0.15, 0.2) is 5.78 Å². The van der Waals surface area contributed by atoms with E-state index in [1.54, 1.807) is 24.3 Å². The van der Waals surface area contributed by atoms with Crippen LogP contribution in [0.4, 0.5) is 0 Å². The molecule has 0 saturated carbocycles. The minimum atomic E-state index is -0.106. The van der Waals surface area contributed by atoms with E-state index in [9.17, 15) is 4.79 Å². The van der Waals surface area contributed by atoms with Crippen LogP contribution in [-0.4, -0.2) is 10.9 Å². The first-order valence-corrected chi connectivity index (χ1v) is 4.22. The molecule has 0 bridgehead atoms. The largest absolute Gasteiger partial charge is 0.515 e.